The number of carbonyl (C=O) groups excluding carboxylic acids is 2. The van der Waals surface area contributed by atoms with Crippen LogP contribution in [0.2, 0.25) is 0 Å². The Morgan fingerprint density at radius 3 is 2.64 bits per heavy atom. The molecule has 0 aliphatic rings. The van der Waals surface area contributed by atoms with Gasteiger partial charge in [-0.3, -0.25) is 4.79 Å². The van der Waals surface area contributed by atoms with Crippen LogP contribution in [-0.4, -0.2) is 52.3 Å². The van der Waals surface area contributed by atoms with E-state index in [-0.39, 0.29) is 30.2 Å². The van der Waals surface area contributed by atoms with E-state index in [0.29, 0.717) is 28.8 Å². The summed E-state index contributed by atoms with van der Waals surface area (Å²) in [4.78, 5) is 24.1. The summed E-state index contributed by atoms with van der Waals surface area (Å²) in [5, 5.41) is 12.4. The number of rotatable bonds is 12. The number of amides is 1. The molecule has 0 bridgehead atoms. The van der Waals surface area contributed by atoms with E-state index < -0.39 is 0 Å². The first-order valence-electron chi connectivity index (χ1n) is 11.2. The lowest BCUT2D eigenvalue weighted by Crippen LogP contribution is -2.19. The van der Waals surface area contributed by atoms with Gasteiger partial charge in [0.15, 0.2) is 5.16 Å². The summed E-state index contributed by atoms with van der Waals surface area (Å²) in [6.45, 7) is 4.58. The molecule has 36 heavy (non-hydrogen) atoms. The molecule has 1 amide bonds. The minimum atomic E-state index is -0.358. The molecule has 1 N–H and O–H groups in total. The SMILES string of the molecule is COc1ccc(/C=N/NC(=O)CSc2nncn2C)cc1COc1ccc(C(=O)OCC(C)C)cc1. The topological polar surface area (TPSA) is 117 Å². The first kappa shape index (κ1) is 26.7. The minimum absolute atomic E-state index is 0.166. The summed E-state index contributed by atoms with van der Waals surface area (Å²) in [7, 11) is 3.39. The van der Waals surface area contributed by atoms with Crippen molar-refractivity contribution in [2.45, 2.75) is 25.6 Å². The second-order valence-corrected chi connectivity index (χ2v) is 9.13. The number of methoxy groups -OCH3 is 1. The van der Waals surface area contributed by atoms with E-state index >= 15 is 0 Å². The summed E-state index contributed by atoms with van der Waals surface area (Å²) < 4.78 is 18.3. The molecule has 0 atom stereocenters. The second-order valence-electron chi connectivity index (χ2n) is 8.18. The van der Waals surface area contributed by atoms with Crippen molar-refractivity contribution in [3.8, 4) is 11.5 Å². The number of carbonyl (C=O) groups is 2. The maximum Gasteiger partial charge on any atom is 0.338 e. The summed E-state index contributed by atoms with van der Waals surface area (Å²) in [6.07, 6.45) is 3.12. The van der Waals surface area contributed by atoms with Crippen LogP contribution in [0, 0.1) is 5.92 Å². The first-order chi connectivity index (χ1) is 17.4. The number of benzene rings is 2. The van der Waals surface area contributed by atoms with Gasteiger partial charge in [0.25, 0.3) is 5.91 Å². The maximum atomic E-state index is 12.1. The van der Waals surface area contributed by atoms with E-state index in [0.717, 1.165) is 11.1 Å². The Morgan fingerprint density at radius 1 is 1.19 bits per heavy atom. The van der Waals surface area contributed by atoms with Gasteiger partial charge in [-0.1, -0.05) is 25.6 Å². The molecular weight excluding hydrogens is 482 g/mol. The molecule has 0 saturated heterocycles. The zero-order valence-corrected chi connectivity index (χ0v) is 21.4. The highest BCUT2D eigenvalue weighted by atomic mass is 32.2. The number of nitrogens with one attached hydrogen (secondary N) is 1. The van der Waals surface area contributed by atoms with Crippen LogP contribution in [0.5, 0.6) is 11.5 Å². The maximum absolute atomic E-state index is 12.1. The van der Waals surface area contributed by atoms with E-state index in [1.807, 2.05) is 33.0 Å². The Bertz CT molecular complexity index is 1190. The highest BCUT2D eigenvalue weighted by Gasteiger charge is 2.10. The molecule has 0 radical (unpaired) electrons. The fraction of sp³-hybridized carbons (Fsp3) is 0.320. The van der Waals surface area contributed by atoms with E-state index in [1.54, 1.807) is 54.6 Å². The standard InChI is InChI=1S/C25H29N5O5S/c1-17(2)13-35-24(32)19-6-8-21(9-7-19)34-14-20-11-18(5-10-22(20)33-4)12-26-28-23(31)15-36-25-29-27-16-30(25)3/h5-12,16-17H,13-15H2,1-4H3,(H,28,31)/b26-12+. The second kappa shape index (κ2) is 13.3. The zero-order chi connectivity index (χ0) is 25.9. The number of ether oxygens (including phenoxy) is 3. The molecule has 0 saturated carbocycles. The zero-order valence-electron chi connectivity index (χ0n) is 20.6. The normalized spacial score (nSPS) is 11.0. The van der Waals surface area contributed by atoms with E-state index in [4.69, 9.17) is 14.2 Å². The third kappa shape index (κ3) is 8.12. The van der Waals surface area contributed by atoms with Crippen LogP contribution in [0.25, 0.3) is 0 Å². The van der Waals surface area contributed by atoms with Crippen molar-refractivity contribution in [3.63, 3.8) is 0 Å². The monoisotopic (exact) mass is 511 g/mol. The van der Waals surface area contributed by atoms with Crippen LogP contribution >= 0.6 is 11.8 Å². The third-order valence-corrected chi connectivity index (χ3v) is 5.78. The van der Waals surface area contributed by atoms with Gasteiger partial charge < -0.3 is 18.8 Å². The van der Waals surface area contributed by atoms with Gasteiger partial charge in [-0.25, -0.2) is 10.2 Å². The molecule has 0 unspecified atom stereocenters. The van der Waals surface area contributed by atoms with E-state index in [9.17, 15) is 9.59 Å². The molecule has 2 aromatic carbocycles. The van der Waals surface area contributed by atoms with Crippen molar-refractivity contribution in [2.24, 2.45) is 18.1 Å². The Hall–Kier alpha value is -3.86. The van der Waals surface area contributed by atoms with Crippen LogP contribution in [-0.2, 0) is 23.2 Å². The van der Waals surface area contributed by atoms with E-state index in [2.05, 4.69) is 20.7 Å². The number of aromatic nitrogens is 3. The molecule has 1 aromatic heterocycles. The molecule has 10 nitrogen and oxygen atoms in total. The third-order valence-electron chi connectivity index (χ3n) is 4.74. The smallest absolute Gasteiger partial charge is 0.338 e. The first-order valence-corrected chi connectivity index (χ1v) is 12.2. The Labute approximate surface area is 214 Å². The largest absolute Gasteiger partial charge is 0.496 e. The quantitative estimate of drug-likeness (QED) is 0.170. The minimum Gasteiger partial charge on any atom is -0.496 e. The van der Waals surface area contributed by atoms with Crippen molar-refractivity contribution >= 4 is 29.9 Å². The van der Waals surface area contributed by atoms with Gasteiger partial charge in [-0.2, -0.15) is 5.10 Å². The van der Waals surface area contributed by atoms with Crippen molar-refractivity contribution in [1.82, 2.24) is 20.2 Å². The number of hydrazone groups is 1. The van der Waals surface area contributed by atoms with Crippen LogP contribution < -0.4 is 14.9 Å². The molecule has 190 valence electrons. The van der Waals surface area contributed by atoms with Gasteiger partial charge in [0.05, 0.1) is 31.2 Å². The van der Waals surface area contributed by atoms with Gasteiger partial charge in [0, 0.05) is 12.6 Å². The van der Waals surface area contributed by atoms with Crippen LogP contribution in [0.15, 0.2) is 59.0 Å². The number of esters is 1. The lowest BCUT2D eigenvalue weighted by molar-refractivity contribution is -0.118. The van der Waals surface area contributed by atoms with Crippen molar-refractivity contribution in [1.29, 1.82) is 0 Å². The summed E-state index contributed by atoms with van der Waals surface area (Å²) in [5.74, 6) is 1.09. The lowest BCUT2D eigenvalue weighted by Gasteiger charge is -2.12. The summed E-state index contributed by atoms with van der Waals surface area (Å²) in [5.41, 5.74) is 4.53. The Morgan fingerprint density at radius 2 is 1.97 bits per heavy atom. The summed E-state index contributed by atoms with van der Waals surface area (Å²) in [6, 6.07) is 12.3. The predicted molar refractivity (Wildman–Crippen MR) is 136 cm³/mol. The molecule has 0 aliphatic carbocycles. The highest BCUT2D eigenvalue weighted by Crippen LogP contribution is 2.22. The molecule has 11 heteroatoms. The molecule has 0 fully saturated rings. The van der Waals surface area contributed by atoms with Gasteiger partial charge in [-0.15, -0.1) is 10.2 Å². The molecule has 0 spiro atoms. The number of aryl methyl sites for hydroxylation is 1. The van der Waals surface area contributed by atoms with Crippen LogP contribution in [0.4, 0.5) is 0 Å². The molecule has 0 aliphatic heterocycles. The number of nitrogens with zero attached hydrogens (tertiary/aromatic N) is 4. The van der Waals surface area contributed by atoms with Gasteiger partial charge in [-0.05, 0) is 53.9 Å². The molecule has 3 rings (SSSR count). The number of hydrogen-bond donors (Lipinski definition) is 1. The van der Waals surface area contributed by atoms with Crippen molar-refractivity contribution < 1.29 is 23.8 Å². The van der Waals surface area contributed by atoms with Gasteiger partial charge in [0.1, 0.15) is 24.4 Å². The summed E-state index contributed by atoms with van der Waals surface area (Å²) >= 11 is 1.27. The predicted octanol–water partition coefficient (Wildman–Crippen LogP) is 3.46. The number of hydrogen-bond acceptors (Lipinski definition) is 9. The molecule has 1 heterocycles. The number of thioether (sulfide) groups is 1. The van der Waals surface area contributed by atoms with Gasteiger partial charge in [0.2, 0.25) is 0 Å². The fourth-order valence-electron chi connectivity index (χ4n) is 2.91. The van der Waals surface area contributed by atoms with Crippen molar-refractivity contribution in [3.05, 3.63) is 65.5 Å². The highest BCUT2D eigenvalue weighted by molar-refractivity contribution is 7.99. The average molecular weight is 512 g/mol. The van der Waals surface area contributed by atoms with Crippen LogP contribution in [0.3, 0.4) is 0 Å². The van der Waals surface area contributed by atoms with Crippen molar-refractivity contribution in [2.75, 3.05) is 19.5 Å². The Balaban J connectivity index is 1.54. The fourth-order valence-corrected chi connectivity index (χ4v) is 3.59. The van der Waals surface area contributed by atoms with E-state index in [1.165, 1.54) is 11.8 Å². The molecule has 3 aromatic rings. The van der Waals surface area contributed by atoms with Crippen LogP contribution in [0.1, 0.15) is 35.3 Å². The Kier molecular flexibility index (Phi) is 9.87. The molecular formula is C25H29N5O5S. The average Bonchev–Trinajstić information content (AvgIpc) is 3.29. The lowest BCUT2D eigenvalue weighted by atomic mass is 10.1. The van der Waals surface area contributed by atoms with Gasteiger partial charge >= 0.3 is 5.97 Å².